The van der Waals surface area contributed by atoms with Crippen molar-refractivity contribution in [3.8, 4) is 11.1 Å². The van der Waals surface area contributed by atoms with Crippen LogP contribution in [0.1, 0.15) is 55.6 Å². The van der Waals surface area contributed by atoms with Gasteiger partial charge in [-0.15, -0.1) is 0 Å². The minimum atomic E-state index is -1.11. The van der Waals surface area contributed by atoms with Crippen LogP contribution in [0.3, 0.4) is 0 Å². The maximum absolute atomic E-state index is 12.5. The van der Waals surface area contributed by atoms with Crippen LogP contribution >= 0.6 is 0 Å². The molecular weight excluding hydrogens is 366 g/mol. The van der Waals surface area contributed by atoms with Gasteiger partial charge in [0.1, 0.15) is 6.61 Å². The number of ether oxygens (including phenoxy) is 1. The van der Waals surface area contributed by atoms with E-state index < -0.39 is 17.9 Å². The standard InChI is InChI=1S/C24H29NO4/c25-15-9-3-1-2-4-14-21(23(26)27)24(28)29-16-22-19-12-7-5-10-17(19)18-11-6-8-13-20(18)22/h5-8,10-13,21-22H,1-4,9,14-16,25H2,(H,26,27). The van der Waals surface area contributed by atoms with Gasteiger partial charge in [0, 0.05) is 5.92 Å². The number of fused-ring (bicyclic) bond motifs is 3. The lowest BCUT2D eigenvalue weighted by Crippen LogP contribution is -2.27. The molecule has 1 atom stereocenters. The Balaban J connectivity index is 1.59. The molecule has 0 saturated carbocycles. The van der Waals surface area contributed by atoms with Gasteiger partial charge in [-0.2, -0.15) is 0 Å². The van der Waals surface area contributed by atoms with Crippen molar-refractivity contribution >= 4 is 11.9 Å². The summed E-state index contributed by atoms with van der Waals surface area (Å²) in [5, 5.41) is 9.47. The maximum atomic E-state index is 12.5. The van der Waals surface area contributed by atoms with Gasteiger partial charge in [0.25, 0.3) is 0 Å². The lowest BCUT2D eigenvalue weighted by atomic mass is 9.97. The van der Waals surface area contributed by atoms with Crippen molar-refractivity contribution in [3.63, 3.8) is 0 Å². The number of hydrogen-bond acceptors (Lipinski definition) is 4. The lowest BCUT2D eigenvalue weighted by molar-refractivity contribution is -0.159. The van der Waals surface area contributed by atoms with Gasteiger partial charge in [-0.25, -0.2) is 0 Å². The van der Waals surface area contributed by atoms with Crippen LogP contribution in [0.4, 0.5) is 0 Å². The van der Waals surface area contributed by atoms with E-state index >= 15 is 0 Å². The van der Waals surface area contributed by atoms with E-state index in [1.54, 1.807) is 0 Å². The summed E-state index contributed by atoms with van der Waals surface area (Å²) in [7, 11) is 0. The van der Waals surface area contributed by atoms with Crippen molar-refractivity contribution in [1.82, 2.24) is 0 Å². The van der Waals surface area contributed by atoms with Crippen LogP contribution in [0.2, 0.25) is 0 Å². The van der Waals surface area contributed by atoms with Crippen molar-refractivity contribution in [2.24, 2.45) is 11.7 Å². The Bertz CT molecular complexity index is 803. The Hall–Kier alpha value is -2.66. The smallest absolute Gasteiger partial charge is 0.320 e. The fourth-order valence-corrected chi connectivity index (χ4v) is 4.07. The van der Waals surface area contributed by atoms with Crippen LogP contribution in [0.15, 0.2) is 48.5 Å². The van der Waals surface area contributed by atoms with E-state index in [0.717, 1.165) is 47.9 Å². The first-order valence-corrected chi connectivity index (χ1v) is 10.4. The number of nitrogens with two attached hydrogens (primary N) is 1. The van der Waals surface area contributed by atoms with E-state index in [1.165, 1.54) is 0 Å². The molecule has 1 aliphatic carbocycles. The number of rotatable bonds is 11. The first-order chi connectivity index (χ1) is 14.1. The molecule has 1 unspecified atom stereocenters. The Morgan fingerprint density at radius 3 is 2.03 bits per heavy atom. The predicted octanol–water partition coefficient (Wildman–Crippen LogP) is 4.34. The van der Waals surface area contributed by atoms with E-state index in [1.807, 2.05) is 36.4 Å². The largest absolute Gasteiger partial charge is 0.481 e. The van der Waals surface area contributed by atoms with Gasteiger partial charge in [-0.3, -0.25) is 9.59 Å². The van der Waals surface area contributed by atoms with Crippen LogP contribution < -0.4 is 5.73 Å². The topological polar surface area (TPSA) is 89.6 Å². The second kappa shape index (κ2) is 10.2. The van der Waals surface area contributed by atoms with Crippen LogP contribution in [-0.2, 0) is 14.3 Å². The van der Waals surface area contributed by atoms with Crippen LogP contribution in [-0.4, -0.2) is 30.2 Å². The molecule has 5 heteroatoms. The van der Waals surface area contributed by atoms with Gasteiger partial charge >= 0.3 is 11.9 Å². The summed E-state index contributed by atoms with van der Waals surface area (Å²) >= 11 is 0. The zero-order valence-corrected chi connectivity index (χ0v) is 16.7. The van der Waals surface area contributed by atoms with Crippen molar-refractivity contribution in [2.45, 2.75) is 44.4 Å². The third kappa shape index (κ3) is 5.04. The number of hydrogen-bond donors (Lipinski definition) is 2. The average molecular weight is 395 g/mol. The minimum absolute atomic E-state index is 0.0583. The highest BCUT2D eigenvalue weighted by Crippen LogP contribution is 2.44. The summed E-state index contributed by atoms with van der Waals surface area (Å²) in [5.41, 5.74) is 10.0. The third-order valence-electron chi connectivity index (χ3n) is 5.63. The number of carbonyl (C=O) groups excluding carboxylic acids is 1. The Labute approximate surface area is 171 Å². The zero-order valence-electron chi connectivity index (χ0n) is 16.7. The molecule has 1 aliphatic rings. The van der Waals surface area contributed by atoms with Gasteiger partial charge in [0.15, 0.2) is 5.92 Å². The Kier molecular flexibility index (Phi) is 7.42. The fraction of sp³-hybridized carbons (Fsp3) is 0.417. The lowest BCUT2D eigenvalue weighted by Gasteiger charge is -2.17. The molecular formula is C24H29NO4. The maximum Gasteiger partial charge on any atom is 0.320 e. The van der Waals surface area contributed by atoms with E-state index in [9.17, 15) is 14.7 Å². The van der Waals surface area contributed by atoms with Crippen molar-refractivity contribution in [2.75, 3.05) is 13.2 Å². The molecule has 5 nitrogen and oxygen atoms in total. The van der Waals surface area contributed by atoms with Gasteiger partial charge in [0.2, 0.25) is 0 Å². The highest BCUT2D eigenvalue weighted by Gasteiger charge is 2.32. The number of aliphatic carboxylic acids is 1. The number of carbonyl (C=O) groups is 2. The van der Waals surface area contributed by atoms with Crippen LogP contribution in [0.25, 0.3) is 11.1 Å². The molecule has 2 aromatic rings. The summed E-state index contributed by atoms with van der Waals surface area (Å²) in [6, 6.07) is 16.2. The summed E-state index contributed by atoms with van der Waals surface area (Å²) < 4.78 is 5.52. The van der Waals surface area contributed by atoms with Crippen LogP contribution in [0, 0.1) is 5.92 Å². The number of carboxylic acid groups (broad SMARTS) is 1. The molecule has 0 aromatic heterocycles. The van der Waals surface area contributed by atoms with Crippen molar-refractivity contribution < 1.29 is 19.4 Å². The van der Waals surface area contributed by atoms with Crippen molar-refractivity contribution in [1.29, 1.82) is 0 Å². The third-order valence-corrected chi connectivity index (χ3v) is 5.63. The molecule has 0 fully saturated rings. The van der Waals surface area contributed by atoms with E-state index in [2.05, 4.69) is 12.1 Å². The number of unbranched alkanes of at least 4 members (excludes halogenated alkanes) is 4. The first-order valence-electron chi connectivity index (χ1n) is 10.4. The summed E-state index contributed by atoms with van der Waals surface area (Å²) in [6.45, 7) is 0.838. The molecule has 0 aliphatic heterocycles. The second-order valence-corrected chi connectivity index (χ2v) is 7.59. The molecule has 3 rings (SSSR count). The molecule has 0 saturated heterocycles. The first kappa shape index (κ1) is 21.1. The number of esters is 1. The number of carboxylic acids is 1. The summed E-state index contributed by atoms with van der Waals surface area (Å²) in [5.74, 6) is -2.90. The average Bonchev–Trinajstić information content (AvgIpc) is 3.05. The molecule has 3 N–H and O–H groups in total. The normalized spacial score (nSPS) is 13.6. The quantitative estimate of drug-likeness (QED) is 0.336. The Morgan fingerprint density at radius 2 is 1.45 bits per heavy atom. The molecule has 0 radical (unpaired) electrons. The van der Waals surface area contributed by atoms with Crippen LogP contribution in [0.5, 0.6) is 0 Å². The molecule has 154 valence electrons. The molecule has 0 spiro atoms. The van der Waals surface area contributed by atoms with Gasteiger partial charge in [-0.1, -0.05) is 74.2 Å². The van der Waals surface area contributed by atoms with Gasteiger partial charge in [0.05, 0.1) is 0 Å². The van der Waals surface area contributed by atoms with Gasteiger partial charge in [-0.05, 0) is 41.6 Å². The SMILES string of the molecule is NCCCCCCCC(C(=O)O)C(=O)OCC1c2ccccc2-c2ccccc21. The molecule has 2 aromatic carbocycles. The highest BCUT2D eigenvalue weighted by atomic mass is 16.5. The summed E-state index contributed by atoms with van der Waals surface area (Å²) in [6.07, 6.45) is 4.95. The number of benzene rings is 2. The van der Waals surface area contributed by atoms with Gasteiger partial charge < -0.3 is 15.6 Å². The molecule has 0 bridgehead atoms. The van der Waals surface area contributed by atoms with Crippen molar-refractivity contribution in [3.05, 3.63) is 59.7 Å². The predicted molar refractivity (Wildman–Crippen MR) is 113 cm³/mol. The second-order valence-electron chi connectivity index (χ2n) is 7.59. The molecule has 0 amide bonds. The van der Waals surface area contributed by atoms with E-state index in [-0.39, 0.29) is 12.5 Å². The highest BCUT2D eigenvalue weighted by molar-refractivity contribution is 5.94. The van der Waals surface area contributed by atoms with E-state index in [0.29, 0.717) is 19.4 Å². The minimum Gasteiger partial charge on any atom is -0.481 e. The monoisotopic (exact) mass is 395 g/mol. The molecule has 0 heterocycles. The Morgan fingerprint density at radius 1 is 0.897 bits per heavy atom. The van der Waals surface area contributed by atoms with E-state index in [4.69, 9.17) is 10.5 Å². The fourth-order valence-electron chi connectivity index (χ4n) is 4.07. The molecule has 29 heavy (non-hydrogen) atoms. The zero-order chi connectivity index (χ0) is 20.6. The summed E-state index contributed by atoms with van der Waals surface area (Å²) in [4.78, 5) is 24.1.